The Morgan fingerprint density at radius 2 is 2.06 bits per heavy atom. The molecule has 1 heterocycles. The third kappa shape index (κ3) is 5.04. The fourth-order valence-electron chi connectivity index (χ4n) is 2.05. The first-order valence-corrected chi connectivity index (χ1v) is 7.72. The average Bonchev–Trinajstić information content (AvgIpc) is 2.42. The van der Waals surface area contributed by atoms with Crippen LogP contribution in [0.2, 0.25) is 0 Å². The molecule has 17 heavy (non-hydrogen) atoms. The van der Waals surface area contributed by atoms with Gasteiger partial charge in [0.15, 0.2) is 0 Å². The Kier molecular flexibility index (Phi) is 5.39. The van der Waals surface area contributed by atoms with E-state index in [2.05, 4.69) is 6.92 Å². The van der Waals surface area contributed by atoms with E-state index in [1.165, 1.54) is 4.31 Å². The van der Waals surface area contributed by atoms with Crippen molar-refractivity contribution < 1.29 is 18.3 Å². The van der Waals surface area contributed by atoms with Crippen molar-refractivity contribution in [2.45, 2.75) is 39.0 Å². The molecule has 0 spiro atoms. The van der Waals surface area contributed by atoms with Crippen molar-refractivity contribution in [2.24, 2.45) is 5.92 Å². The molecule has 0 amide bonds. The van der Waals surface area contributed by atoms with Crippen molar-refractivity contribution >= 4 is 16.0 Å². The normalized spacial score (nSPS) is 23.2. The Morgan fingerprint density at radius 1 is 1.35 bits per heavy atom. The Bertz CT molecular complexity index is 352. The number of sulfonamides is 1. The van der Waals surface area contributed by atoms with Crippen LogP contribution in [0.3, 0.4) is 0 Å². The predicted molar refractivity (Wildman–Crippen MR) is 65.2 cm³/mol. The highest BCUT2D eigenvalue weighted by Gasteiger charge is 2.24. The molecule has 0 aromatic heterocycles. The molecule has 1 aliphatic heterocycles. The van der Waals surface area contributed by atoms with Crippen LogP contribution in [0.4, 0.5) is 0 Å². The van der Waals surface area contributed by atoms with Gasteiger partial charge in [0.25, 0.3) is 0 Å². The molecule has 0 radical (unpaired) electrons. The van der Waals surface area contributed by atoms with E-state index < -0.39 is 16.0 Å². The molecule has 0 saturated carbocycles. The van der Waals surface area contributed by atoms with Gasteiger partial charge < -0.3 is 5.11 Å². The number of hydrogen-bond acceptors (Lipinski definition) is 3. The summed E-state index contributed by atoms with van der Waals surface area (Å²) in [6, 6.07) is 0. The summed E-state index contributed by atoms with van der Waals surface area (Å²) in [7, 11) is -3.26. The highest BCUT2D eigenvalue weighted by Crippen LogP contribution is 2.19. The minimum atomic E-state index is -3.26. The molecule has 5 nitrogen and oxygen atoms in total. The first kappa shape index (κ1) is 14.4. The second kappa shape index (κ2) is 6.35. The smallest absolute Gasteiger partial charge is 0.303 e. The van der Waals surface area contributed by atoms with Crippen molar-refractivity contribution in [3.8, 4) is 0 Å². The minimum Gasteiger partial charge on any atom is -0.481 e. The maximum Gasteiger partial charge on any atom is 0.303 e. The fraction of sp³-hybridized carbons (Fsp3) is 0.909. The summed E-state index contributed by atoms with van der Waals surface area (Å²) in [6.07, 6.45) is 2.99. The molecule has 1 fully saturated rings. The number of carbonyl (C=O) groups is 1. The van der Waals surface area contributed by atoms with Gasteiger partial charge in [-0.2, -0.15) is 0 Å². The van der Waals surface area contributed by atoms with Crippen LogP contribution in [0.25, 0.3) is 0 Å². The lowest BCUT2D eigenvalue weighted by Gasteiger charge is -2.19. The van der Waals surface area contributed by atoms with Gasteiger partial charge in [0, 0.05) is 19.5 Å². The van der Waals surface area contributed by atoms with Crippen LogP contribution >= 0.6 is 0 Å². The zero-order valence-corrected chi connectivity index (χ0v) is 11.1. The molecule has 6 heteroatoms. The number of rotatable bonds is 5. The summed E-state index contributed by atoms with van der Waals surface area (Å²) in [5, 5.41) is 8.49. The van der Waals surface area contributed by atoms with Crippen LogP contribution in [-0.4, -0.2) is 42.6 Å². The topological polar surface area (TPSA) is 74.7 Å². The summed E-state index contributed by atoms with van der Waals surface area (Å²) in [5.74, 6) is -0.410. The van der Waals surface area contributed by atoms with Gasteiger partial charge in [0.2, 0.25) is 10.0 Å². The van der Waals surface area contributed by atoms with Crippen LogP contribution in [0.5, 0.6) is 0 Å². The predicted octanol–water partition coefficient (Wildman–Crippen LogP) is 1.30. The molecule has 0 aromatic carbocycles. The number of aliphatic carboxylic acids is 1. The average molecular weight is 263 g/mol. The van der Waals surface area contributed by atoms with Gasteiger partial charge in [-0.25, -0.2) is 12.7 Å². The zero-order valence-electron chi connectivity index (χ0n) is 10.3. The van der Waals surface area contributed by atoms with E-state index in [9.17, 15) is 13.2 Å². The van der Waals surface area contributed by atoms with Gasteiger partial charge in [0.1, 0.15) is 0 Å². The second-order valence-corrected chi connectivity index (χ2v) is 6.84. The minimum absolute atomic E-state index is 0.0479. The van der Waals surface area contributed by atoms with Gasteiger partial charge in [-0.15, -0.1) is 0 Å². The van der Waals surface area contributed by atoms with Crippen molar-refractivity contribution in [1.82, 2.24) is 4.31 Å². The lowest BCUT2D eigenvalue weighted by atomic mass is 10.0. The maximum atomic E-state index is 12.0. The molecule has 1 atom stereocenters. The Morgan fingerprint density at radius 3 is 2.71 bits per heavy atom. The van der Waals surface area contributed by atoms with Gasteiger partial charge in [-0.05, 0) is 31.6 Å². The molecule has 1 aliphatic rings. The van der Waals surface area contributed by atoms with Gasteiger partial charge in [-0.1, -0.05) is 6.92 Å². The first-order chi connectivity index (χ1) is 7.92. The molecule has 1 saturated heterocycles. The van der Waals surface area contributed by atoms with E-state index in [-0.39, 0.29) is 18.6 Å². The number of hydrogen-bond donors (Lipinski definition) is 1. The summed E-state index contributed by atoms with van der Waals surface area (Å²) in [6.45, 7) is 3.30. The summed E-state index contributed by atoms with van der Waals surface area (Å²) in [5.41, 5.74) is 0. The standard InChI is InChI=1S/C11H21NO4S/c1-10-4-2-7-12(8-6-10)17(15,16)9-3-5-11(13)14/h10H,2-9H2,1H3,(H,13,14). The monoisotopic (exact) mass is 263 g/mol. The van der Waals surface area contributed by atoms with E-state index in [0.717, 1.165) is 19.3 Å². The van der Waals surface area contributed by atoms with Crippen molar-refractivity contribution in [2.75, 3.05) is 18.8 Å². The molecule has 1 unspecified atom stereocenters. The summed E-state index contributed by atoms with van der Waals surface area (Å²) in [4.78, 5) is 10.4. The van der Waals surface area contributed by atoms with E-state index in [1.807, 2.05) is 0 Å². The van der Waals surface area contributed by atoms with Crippen LogP contribution in [0, 0.1) is 5.92 Å². The first-order valence-electron chi connectivity index (χ1n) is 6.11. The van der Waals surface area contributed by atoms with Crippen molar-refractivity contribution in [1.29, 1.82) is 0 Å². The quantitative estimate of drug-likeness (QED) is 0.811. The molecule has 1 N–H and O–H groups in total. The lowest BCUT2D eigenvalue weighted by Crippen LogP contribution is -2.34. The van der Waals surface area contributed by atoms with E-state index in [0.29, 0.717) is 19.0 Å². The molecule has 0 bridgehead atoms. The Labute approximate surface area is 103 Å². The van der Waals surface area contributed by atoms with Gasteiger partial charge in [-0.3, -0.25) is 4.79 Å². The Balaban J connectivity index is 2.48. The van der Waals surface area contributed by atoms with E-state index in [1.54, 1.807) is 0 Å². The van der Waals surface area contributed by atoms with Crippen LogP contribution in [-0.2, 0) is 14.8 Å². The highest BCUT2D eigenvalue weighted by atomic mass is 32.2. The van der Waals surface area contributed by atoms with Gasteiger partial charge in [0.05, 0.1) is 5.75 Å². The number of nitrogens with zero attached hydrogens (tertiary/aromatic N) is 1. The van der Waals surface area contributed by atoms with Crippen LogP contribution in [0.15, 0.2) is 0 Å². The Hall–Kier alpha value is -0.620. The summed E-state index contributed by atoms with van der Waals surface area (Å²) < 4.78 is 25.4. The SMILES string of the molecule is CC1CCCN(S(=O)(=O)CCCC(=O)O)CC1. The van der Waals surface area contributed by atoms with Gasteiger partial charge >= 0.3 is 5.97 Å². The molecular weight excluding hydrogens is 242 g/mol. The molecule has 100 valence electrons. The molecule has 0 aliphatic carbocycles. The summed E-state index contributed by atoms with van der Waals surface area (Å²) >= 11 is 0. The van der Waals surface area contributed by atoms with Crippen LogP contribution < -0.4 is 0 Å². The van der Waals surface area contributed by atoms with Crippen molar-refractivity contribution in [3.05, 3.63) is 0 Å². The van der Waals surface area contributed by atoms with Crippen LogP contribution in [0.1, 0.15) is 39.0 Å². The molecule has 1 rings (SSSR count). The van der Waals surface area contributed by atoms with E-state index in [4.69, 9.17) is 5.11 Å². The zero-order chi connectivity index (χ0) is 12.9. The molecule has 0 aromatic rings. The largest absolute Gasteiger partial charge is 0.481 e. The highest BCUT2D eigenvalue weighted by molar-refractivity contribution is 7.89. The van der Waals surface area contributed by atoms with E-state index >= 15 is 0 Å². The number of carboxylic acids is 1. The fourth-order valence-corrected chi connectivity index (χ4v) is 3.61. The molecular formula is C11H21NO4S. The lowest BCUT2D eigenvalue weighted by molar-refractivity contribution is -0.137. The third-order valence-electron chi connectivity index (χ3n) is 3.16. The second-order valence-electron chi connectivity index (χ2n) is 4.75. The maximum absolute atomic E-state index is 12.0. The third-order valence-corrected chi connectivity index (χ3v) is 5.12. The number of carboxylic acid groups (broad SMARTS) is 1. The van der Waals surface area contributed by atoms with Crippen molar-refractivity contribution in [3.63, 3.8) is 0 Å².